The molecule has 0 aliphatic rings. The number of nitriles is 2. The summed E-state index contributed by atoms with van der Waals surface area (Å²) in [6.45, 7) is 0.164. The predicted molar refractivity (Wildman–Crippen MR) is 123 cm³/mol. The number of nitrogens with one attached hydrogen (secondary N) is 1. The number of halogens is 1. The minimum absolute atomic E-state index is 0.164. The lowest BCUT2D eigenvalue weighted by molar-refractivity contribution is 0.284. The van der Waals surface area contributed by atoms with E-state index in [9.17, 15) is 10.5 Å². The van der Waals surface area contributed by atoms with E-state index in [0.717, 1.165) is 16.6 Å². The molecule has 1 N–H and O–H groups in total. The standard InChI is InChI=1S/C25H17ClN4O2/c1-31-23-12-16(10-19(14-28)25-29-21-8-4-5-9-22(21)30-25)11-20(26)24(23)32-15-18-7-3-2-6-17(18)13-27/h2-12H,15H2,1H3,(H,29,30)/b19-10+. The number of methoxy groups -OCH3 is 1. The molecule has 4 rings (SSSR count). The Morgan fingerprint density at radius 1 is 1.12 bits per heavy atom. The third kappa shape index (κ3) is 4.27. The Morgan fingerprint density at radius 2 is 1.91 bits per heavy atom. The number of fused-ring (bicyclic) bond motifs is 1. The lowest BCUT2D eigenvalue weighted by atomic mass is 10.1. The van der Waals surface area contributed by atoms with Gasteiger partial charge in [0.05, 0.1) is 40.4 Å². The largest absolute Gasteiger partial charge is 0.493 e. The van der Waals surface area contributed by atoms with Gasteiger partial charge in [-0.15, -0.1) is 0 Å². The first-order valence-electron chi connectivity index (χ1n) is 9.68. The Kier molecular flexibility index (Phi) is 6.07. The van der Waals surface area contributed by atoms with E-state index in [1.165, 1.54) is 7.11 Å². The summed E-state index contributed by atoms with van der Waals surface area (Å²) >= 11 is 6.48. The molecular weight excluding hydrogens is 424 g/mol. The molecule has 1 heterocycles. The maximum atomic E-state index is 9.68. The molecule has 0 saturated carbocycles. The highest BCUT2D eigenvalue weighted by Gasteiger charge is 2.14. The van der Waals surface area contributed by atoms with Gasteiger partial charge in [-0.05, 0) is 42.0 Å². The first kappa shape index (κ1) is 21.0. The molecule has 0 aliphatic heterocycles. The number of allylic oxidation sites excluding steroid dienone is 1. The highest BCUT2D eigenvalue weighted by atomic mass is 35.5. The summed E-state index contributed by atoms with van der Waals surface area (Å²) in [5.74, 6) is 1.25. The van der Waals surface area contributed by atoms with Crippen LogP contribution in [0.25, 0.3) is 22.7 Å². The number of aromatic nitrogens is 2. The second-order valence-electron chi connectivity index (χ2n) is 6.86. The molecule has 0 saturated heterocycles. The van der Waals surface area contributed by atoms with Crippen LogP contribution >= 0.6 is 11.6 Å². The van der Waals surface area contributed by atoms with Crippen molar-refractivity contribution in [1.29, 1.82) is 10.5 Å². The van der Waals surface area contributed by atoms with Gasteiger partial charge in [-0.25, -0.2) is 4.98 Å². The lowest BCUT2D eigenvalue weighted by Crippen LogP contribution is -2.01. The Bertz CT molecular complexity index is 1380. The molecule has 0 atom stereocenters. The summed E-state index contributed by atoms with van der Waals surface area (Å²) in [6, 6.07) is 22.5. The third-order valence-electron chi connectivity index (χ3n) is 4.84. The molecule has 7 heteroatoms. The van der Waals surface area contributed by atoms with Gasteiger partial charge in [0.1, 0.15) is 18.5 Å². The Hall–Kier alpha value is -4.26. The summed E-state index contributed by atoms with van der Waals surface area (Å²) in [7, 11) is 1.51. The molecule has 0 amide bonds. The number of H-pyrrole nitrogens is 1. The molecule has 0 aliphatic carbocycles. The number of imidazole rings is 1. The zero-order valence-electron chi connectivity index (χ0n) is 17.1. The van der Waals surface area contributed by atoms with Crippen LogP contribution in [-0.4, -0.2) is 17.1 Å². The van der Waals surface area contributed by atoms with E-state index in [2.05, 4.69) is 22.1 Å². The molecule has 6 nitrogen and oxygen atoms in total. The molecule has 0 bridgehead atoms. The maximum absolute atomic E-state index is 9.68. The van der Waals surface area contributed by atoms with Gasteiger partial charge in [-0.3, -0.25) is 0 Å². The van der Waals surface area contributed by atoms with Gasteiger partial charge >= 0.3 is 0 Å². The van der Waals surface area contributed by atoms with E-state index < -0.39 is 0 Å². The van der Waals surface area contributed by atoms with Crippen LogP contribution < -0.4 is 9.47 Å². The minimum atomic E-state index is 0.164. The van der Waals surface area contributed by atoms with Crippen LogP contribution in [0.2, 0.25) is 5.02 Å². The molecule has 0 fully saturated rings. The first-order chi connectivity index (χ1) is 15.6. The monoisotopic (exact) mass is 440 g/mol. The summed E-state index contributed by atoms with van der Waals surface area (Å²) in [4.78, 5) is 7.63. The van der Waals surface area contributed by atoms with Crippen molar-refractivity contribution in [3.8, 4) is 23.6 Å². The van der Waals surface area contributed by atoms with Gasteiger partial charge < -0.3 is 14.5 Å². The zero-order valence-corrected chi connectivity index (χ0v) is 17.8. The van der Waals surface area contributed by atoms with E-state index in [1.807, 2.05) is 36.4 Å². The van der Waals surface area contributed by atoms with Crippen LogP contribution in [0, 0.1) is 22.7 Å². The lowest BCUT2D eigenvalue weighted by Gasteiger charge is -2.14. The number of hydrogen-bond donors (Lipinski definition) is 1. The first-order valence-corrected chi connectivity index (χ1v) is 10.1. The summed E-state index contributed by atoms with van der Waals surface area (Å²) in [5.41, 5.74) is 3.92. The second kappa shape index (κ2) is 9.26. The van der Waals surface area contributed by atoms with Crippen LogP contribution in [0.5, 0.6) is 11.5 Å². The number of ether oxygens (including phenoxy) is 2. The van der Waals surface area contributed by atoms with Gasteiger partial charge in [0.2, 0.25) is 0 Å². The van der Waals surface area contributed by atoms with Crippen molar-refractivity contribution in [2.24, 2.45) is 0 Å². The normalized spacial score (nSPS) is 11.1. The number of para-hydroxylation sites is 2. The van der Waals surface area contributed by atoms with Gasteiger partial charge in [0, 0.05) is 5.56 Å². The smallest absolute Gasteiger partial charge is 0.180 e. The highest BCUT2D eigenvalue weighted by molar-refractivity contribution is 6.32. The highest BCUT2D eigenvalue weighted by Crippen LogP contribution is 2.38. The fourth-order valence-corrected chi connectivity index (χ4v) is 3.54. The number of nitrogens with zero attached hydrogens (tertiary/aromatic N) is 3. The van der Waals surface area contributed by atoms with Crippen LogP contribution in [0.3, 0.4) is 0 Å². The predicted octanol–water partition coefficient (Wildman–Crippen LogP) is 5.74. The Balaban J connectivity index is 1.65. The van der Waals surface area contributed by atoms with Crippen molar-refractivity contribution in [2.45, 2.75) is 6.61 Å². The van der Waals surface area contributed by atoms with E-state index in [0.29, 0.717) is 39.0 Å². The summed E-state index contributed by atoms with van der Waals surface area (Å²) < 4.78 is 11.4. The fourth-order valence-electron chi connectivity index (χ4n) is 3.27. The van der Waals surface area contributed by atoms with E-state index in [1.54, 1.807) is 30.3 Å². The van der Waals surface area contributed by atoms with Crippen LogP contribution in [0.4, 0.5) is 0 Å². The van der Waals surface area contributed by atoms with Crippen LogP contribution in [0.15, 0.2) is 60.7 Å². The summed E-state index contributed by atoms with van der Waals surface area (Å²) in [5, 5.41) is 19.3. The van der Waals surface area contributed by atoms with E-state index in [-0.39, 0.29) is 6.61 Å². The van der Waals surface area contributed by atoms with Gasteiger partial charge in [-0.2, -0.15) is 10.5 Å². The molecule has 3 aromatic carbocycles. The summed E-state index contributed by atoms with van der Waals surface area (Å²) in [6.07, 6.45) is 1.68. The molecule has 1 aromatic heterocycles. The maximum Gasteiger partial charge on any atom is 0.180 e. The Morgan fingerprint density at radius 3 is 2.66 bits per heavy atom. The van der Waals surface area contributed by atoms with Crippen molar-refractivity contribution in [3.05, 3.63) is 88.2 Å². The van der Waals surface area contributed by atoms with Crippen LogP contribution in [0.1, 0.15) is 22.5 Å². The third-order valence-corrected chi connectivity index (χ3v) is 5.12. The second-order valence-corrected chi connectivity index (χ2v) is 7.27. The van der Waals surface area contributed by atoms with E-state index in [4.69, 9.17) is 21.1 Å². The van der Waals surface area contributed by atoms with Crippen molar-refractivity contribution in [1.82, 2.24) is 9.97 Å². The van der Waals surface area contributed by atoms with Gasteiger partial charge in [0.15, 0.2) is 11.5 Å². The number of rotatable bonds is 6. The number of hydrogen-bond acceptors (Lipinski definition) is 5. The molecule has 0 unspecified atom stereocenters. The average Bonchev–Trinajstić information content (AvgIpc) is 3.25. The molecule has 156 valence electrons. The number of benzene rings is 3. The molecule has 0 spiro atoms. The van der Waals surface area contributed by atoms with E-state index >= 15 is 0 Å². The van der Waals surface area contributed by atoms with Crippen molar-refractivity contribution in [2.75, 3.05) is 7.11 Å². The number of aromatic amines is 1. The fraction of sp³-hybridized carbons (Fsp3) is 0.0800. The van der Waals surface area contributed by atoms with Gasteiger partial charge in [-0.1, -0.05) is 41.9 Å². The van der Waals surface area contributed by atoms with Crippen LogP contribution in [-0.2, 0) is 6.61 Å². The SMILES string of the molecule is COc1cc(/C=C(\C#N)c2nc3ccccc3[nH]2)cc(Cl)c1OCc1ccccc1C#N. The minimum Gasteiger partial charge on any atom is -0.493 e. The molecule has 0 radical (unpaired) electrons. The molecule has 4 aromatic rings. The molecule has 32 heavy (non-hydrogen) atoms. The Labute approximate surface area is 189 Å². The van der Waals surface area contributed by atoms with Crippen molar-refractivity contribution < 1.29 is 9.47 Å². The molecular formula is C25H17ClN4O2. The quantitative estimate of drug-likeness (QED) is 0.386. The average molecular weight is 441 g/mol. The van der Waals surface area contributed by atoms with Gasteiger partial charge in [0.25, 0.3) is 0 Å². The zero-order chi connectivity index (χ0) is 22.5. The van der Waals surface area contributed by atoms with Crippen molar-refractivity contribution >= 4 is 34.3 Å². The van der Waals surface area contributed by atoms with Crippen molar-refractivity contribution in [3.63, 3.8) is 0 Å². The topological polar surface area (TPSA) is 94.7 Å².